The van der Waals surface area contributed by atoms with Crippen molar-refractivity contribution < 1.29 is 42.9 Å². The lowest BCUT2D eigenvalue weighted by atomic mass is 9.44. The van der Waals surface area contributed by atoms with Gasteiger partial charge < -0.3 is 19.7 Å². The van der Waals surface area contributed by atoms with Gasteiger partial charge in [-0.3, -0.25) is 4.79 Å². The molecule has 4 aliphatic carbocycles. The van der Waals surface area contributed by atoms with Crippen LogP contribution in [-0.4, -0.2) is 57.8 Å². The lowest BCUT2D eigenvalue weighted by Crippen LogP contribution is -2.71. The topological polar surface area (TPSA) is 110 Å². The molecule has 3 fully saturated rings. The van der Waals surface area contributed by atoms with Crippen LogP contribution in [0.4, 0.5) is 13.6 Å². The third-order valence-corrected chi connectivity index (χ3v) is 10.2. The van der Waals surface area contributed by atoms with Crippen LogP contribution in [0.15, 0.2) is 23.8 Å². The van der Waals surface area contributed by atoms with Gasteiger partial charge in [0.2, 0.25) is 5.60 Å². The maximum atomic E-state index is 17.3. The van der Waals surface area contributed by atoms with Gasteiger partial charge in [-0.05, 0) is 62.7 Å². The number of aliphatic hydroxyl groups excluding tert-OH is 1. The third-order valence-electron chi connectivity index (χ3n) is 10.2. The van der Waals surface area contributed by atoms with Crippen LogP contribution in [0.25, 0.3) is 0 Å². The molecule has 0 aromatic heterocycles. The summed E-state index contributed by atoms with van der Waals surface area (Å²) in [5, 5.41) is 22.0. The van der Waals surface area contributed by atoms with Crippen LogP contribution in [0, 0.1) is 28.6 Å². The van der Waals surface area contributed by atoms with Crippen molar-refractivity contribution in [2.45, 2.75) is 109 Å². The van der Waals surface area contributed by atoms with E-state index in [1.807, 2.05) is 13.8 Å². The minimum absolute atomic E-state index is 0.000311. The van der Waals surface area contributed by atoms with Crippen LogP contribution in [0.2, 0.25) is 0 Å². The molecule has 0 heterocycles. The minimum atomic E-state index is -2.34. The van der Waals surface area contributed by atoms with Crippen LogP contribution in [0.3, 0.4) is 0 Å². The number of rotatable bonds is 7. The molecule has 0 saturated heterocycles. The highest BCUT2D eigenvalue weighted by atomic mass is 19.1. The van der Waals surface area contributed by atoms with E-state index in [2.05, 4.69) is 0 Å². The average Bonchev–Trinajstić information content (AvgIpc) is 3.05. The van der Waals surface area contributed by atoms with E-state index in [0.717, 1.165) is 18.9 Å². The second kappa shape index (κ2) is 9.72. The van der Waals surface area contributed by atoms with Gasteiger partial charge in [-0.25, -0.2) is 18.4 Å². The van der Waals surface area contributed by atoms with Gasteiger partial charge >= 0.3 is 12.1 Å². The molecule has 7 nitrogen and oxygen atoms in total. The molecule has 0 aliphatic heterocycles. The lowest BCUT2D eigenvalue weighted by Gasteiger charge is -2.62. The van der Waals surface area contributed by atoms with E-state index in [4.69, 9.17) is 9.47 Å². The number of carboxylic acids is 1. The summed E-state index contributed by atoms with van der Waals surface area (Å²) >= 11 is 0. The number of fused-ring (bicyclic) bond motifs is 5. The Balaban J connectivity index is 1.74. The van der Waals surface area contributed by atoms with Gasteiger partial charge in [-0.2, -0.15) is 0 Å². The Labute approximate surface area is 222 Å². The highest BCUT2D eigenvalue weighted by Gasteiger charge is 2.78. The van der Waals surface area contributed by atoms with E-state index < -0.39 is 76.1 Å². The van der Waals surface area contributed by atoms with Crippen LogP contribution < -0.4 is 0 Å². The molecule has 9 atom stereocenters. The zero-order valence-electron chi connectivity index (χ0n) is 22.8. The van der Waals surface area contributed by atoms with Crippen molar-refractivity contribution in [2.24, 2.45) is 28.6 Å². The Kier molecular flexibility index (Phi) is 7.34. The van der Waals surface area contributed by atoms with Crippen molar-refractivity contribution in [3.05, 3.63) is 23.8 Å². The van der Waals surface area contributed by atoms with Crippen LogP contribution in [0.1, 0.15) is 79.6 Å². The van der Waals surface area contributed by atoms with Crippen molar-refractivity contribution in [1.82, 2.24) is 0 Å². The van der Waals surface area contributed by atoms with Gasteiger partial charge in [-0.15, -0.1) is 0 Å². The second-order valence-corrected chi connectivity index (χ2v) is 12.2. The number of aliphatic hydroxyl groups is 1. The van der Waals surface area contributed by atoms with Crippen molar-refractivity contribution in [3.63, 3.8) is 0 Å². The summed E-state index contributed by atoms with van der Waals surface area (Å²) in [6.45, 7) is 8.63. The Morgan fingerprint density at radius 1 is 1.16 bits per heavy atom. The zero-order chi connectivity index (χ0) is 28.3. The van der Waals surface area contributed by atoms with Gasteiger partial charge in [0.05, 0.1) is 6.10 Å². The van der Waals surface area contributed by atoms with Crippen molar-refractivity contribution in [2.75, 3.05) is 0 Å². The van der Waals surface area contributed by atoms with Crippen molar-refractivity contribution in [3.8, 4) is 0 Å². The molecular formula is C29H40F2O7. The van der Waals surface area contributed by atoms with E-state index in [-0.39, 0.29) is 24.8 Å². The summed E-state index contributed by atoms with van der Waals surface area (Å²) in [5.41, 5.74) is -7.41. The van der Waals surface area contributed by atoms with E-state index in [1.165, 1.54) is 19.1 Å². The second-order valence-electron chi connectivity index (χ2n) is 12.2. The molecule has 38 heavy (non-hydrogen) atoms. The molecule has 4 aliphatic rings. The Morgan fingerprint density at radius 2 is 1.79 bits per heavy atom. The van der Waals surface area contributed by atoms with Gasteiger partial charge in [0.25, 0.3) is 0 Å². The first-order valence-electron chi connectivity index (χ1n) is 13.8. The standard InChI is InChI=1S/C29H40F2O7/c1-6-8-18(9-7-2)37-25(36)38-29(24(34)35)16(3)12-19-20-14-22(30)21-13-17(32)10-11-26(21,4)28(20,31)23(33)15-27(19,29)5/h10-11,13,16,18-20,22-23,33H,6-9,12,14-15H2,1-5H3,(H,34,35)/t16-,19+,20+,22+,23+,26+,27+,28+,29?/m1/s1. The van der Waals surface area contributed by atoms with Gasteiger partial charge in [0, 0.05) is 22.7 Å². The number of carbonyl (C=O) groups is 3. The molecule has 0 amide bonds. The summed E-state index contributed by atoms with van der Waals surface area (Å²) in [7, 11) is 0. The predicted octanol–water partition coefficient (Wildman–Crippen LogP) is 5.50. The van der Waals surface area contributed by atoms with Gasteiger partial charge in [0.1, 0.15) is 12.3 Å². The fourth-order valence-electron chi connectivity index (χ4n) is 8.44. The Morgan fingerprint density at radius 3 is 2.37 bits per heavy atom. The monoisotopic (exact) mass is 538 g/mol. The fraction of sp³-hybridized carbons (Fsp3) is 0.759. The highest BCUT2D eigenvalue weighted by Crippen LogP contribution is 2.71. The molecule has 0 bridgehead atoms. The molecule has 0 aromatic rings. The number of ether oxygens (including phenoxy) is 2. The molecule has 4 rings (SSSR count). The quantitative estimate of drug-likeness (QED) is 0.412. The highest BCUT2D eigenvalue weighted by molar-refractivity contribution is 6.01. The van der Waals surface area contributed by atoms with Crippen LogP contribution >= 0.6 is 0 Å². The molecule has 1 unspecified atom stereocenters. The number of hydrogen-bond donors (Lipinski definition) is 2. The summed E-state index contributed by atoms with van der Waals surface area (Å²) in [4.78, 5) is 38.0. The van der Waals surface area contributed by atoms with Crippen molar-refractivity contribution >= 4 is 17.9 Å². The number of carbonyl (C=O) groups excluding carboxylic acids is 2. The number of ketones is 1. The predicted molar refractivity (Wildman–Crippen MR) is 135 cm³/mol. The molecular weight excluding hydrogens is 498 g/mol. The maximum absolute atomic E-state index is 17.3. The lowest BCUT2D eigenvalue weighted by molar-refractivity contribution is -0.232. The zero-order valence-corrected chi connectivity index (χ0v) is 22.8. The number of allylic oxidation sites excluding steroid dienone is 4. The molecule has 0 spiro atoms. The van der Waals surface area contributed by atoms with E-state index in [9.17, 15) is 24.6 Å². The largest absolute Gasteiger partial charge is 0.509 e. The number of alkyl halides is 2. The number of halogens is 2. The first-order valence-corrected chi connectivity index (χ1v) is 13.8. The number of carboxylic acid groups (broad SMARTS) is 1. The normalized spacial score (nSPS) is 43.7. The summed E-state index contributed by atoms with van der Waals surface area (Å²) in [6, 6.07) is 0. The summed E-state index contributed by atoms with van der Waals surface area (Å²) in [5.74, 6) is -4.36. The van der Waals surface area contributed by atoms with Crippen LogP contribution in [0.5, 0.6) is 0 Å². The SMILES string of the molecule is CCCC(CCC)OC(=O)OC1(C(=O)O)[C@H](C)C[C@H]2[C@@H]3C[C@H](F)C4=CC(=O)C=C[C@]4(C)[C@@]3(F)[C@@H](O)C[C@@]21C. The fourth-order valence-corrected chi connectivity index (χ4v) is 8.44. The summed E-state index contributed by atoms with van der Waals surface area (Å²) < 4.78 is 44.2. The minimum Gasteiger partial charge on any atom is -0.478 e. The van der Waals surface area contributed by atoms with Gasteiger partial charge in [0.15, 0.2) is 11.5 Å². The molecule has 0 radical (unpaired) electrons. The first kappa shape index (κ1) is 28.7. The maximum Gasteiger partial charge on any atom is 0.509 e. The average molecular weight is 539 g/mol. The number of hydrogen-bond acceptors (Lipinski definition) is 6. The number of aliphatic carboxylic acids is 1. The Bertz CT molecular complexity index is 1050. The molecule has 0 aromatic carbocycles. The Hall–Kier alpha value is -2.29. The van der Waals surface area contributed by atoms with E-state index in [1.54, 1.807) is 13.8 Å². The van der Waals surface area contributed by atoms with Crippen molar-refractivity contribution in [1.29, 1.82) is 0 Å². The smallest absolute Gasteiger partial charge is 0.478 e. The molecule has 3 saturated carbocycles. The van der Waals surface area contributed by atoms with E-state index in [0.29, 0.717) is 12.8 Å². The first-order chi connectivity index (χ1) is 17.7. The van der Waals surface area contributed by atoms with E-state index >= 15 is 8.78 Å². The molecule has 212 valence electrons. The summed E-state index contributed by atoms with van der Waals surface area (Å²) in [6.07, 6.45) is 1.09. The third kappa shape index (κ3) is 3.78. The molecule has 2 N–H and O–H groups in total. The van der Waals surface area contributed by atoms with Crippen LogP contribution in [-0.2, 0) is 19.1 Å². The van der Waals surface area contributed by atoms with Gasteiger partial charge in [-0.1, -0.05) is 46.6 Å². The molecule has 9 heteroatoms.